The molecule has 3 heterocycles. The number of hydrogen-bond acceptors (Lipinski definition) is 5. The Labute approximate surface area is 260 Å². The molecule has 4 aromatic rings. The number of amides is 2. The van der Waals surface area contributed by atoms with Crippen molar-refractivity contribution in [2.24, 2.45) is 11.8 Å². The van der Waals surface area contributed by atoms with Gasteiger partial charge in [-0.25, -0.2) is 9.18 Å². The van der Waals surface area contributed by atoms with Gasteiger partial charge < -0.3 is 20.4 Å². The highest BCUT2D eigenvalue weighted by atomic mass is 19.1. The lowest BCUT2D eigenvalue weighted by Gasteiger charge is -2.22. The minimum absolute atomic E-state index is 0.0894. The molecule has 1 aromatic heterocycles. The monoisotopic (exact) mass is 607 g/mol. The van der Waals surface area contributed by atoms with E-state index in [0.29, 0.717) is 42.6 Å². The van der Waals surface area contributed by atoms with Gasteiger partial charge in [0.25, 0.3) is 0 Å². The fourth-order valence-corrected chi connectivity index (χ4v) is 6.16. The fraction of sp³-hybridized carbons (Fsp3) is 0.278. The summed E-state index contributed by atoms with van der Waals surface area (Å²) in [6.45, 7) is 0.829. The zero-order valence-electron chi connectivity index (χ0n) is 24.7. The molecule has 1 unspecified atom stereocenters. The van der Waals surface area contributed by atoms with Crippen molar-refractivity contribution >= 4 is 34.3 Å². The molecule has 2 saturated heterocycles. The molecule has 0 spiro atoms. The number of aromatic amines is 1. The summed E-state index contributed by atoms with van der Waals surface area (Å²) in [4.78, 5) is 55.4. The third kappa shape index (κ3) is 7.03. The summed E-state index contributed by atoms with van der Waals surface area (Å²) in [5.74, 6) is -2.65. The Kier molecular flexibility index (Phi) is 8.86. The summed E-state index contributed by atoms with van der Waals surface area (Å²) in [6, 6.07) is 22.8. The van der Waals surface area contributed by atoms with Gasteiger partial charge >= 0.3 is 5.97 Å². The van der Waals surface area contributed by atoms with Crippen LogP contribution in [0.15, 0.2) is 90.5 Å². The highest BCUT2D eigenvalue weighted by molar-refractivity contribution is 6.00. The molecule has 0 aliphatic carbocycles. The van der Waals surface area contributed by atoms with Crippen molar-refractivity contribution in [2.45, 2.75) is 38.1 Å². The first-order valence-electron chi connectivity index (χ1n) is 15.2. The van der Waals surface area contributed by atoms with Gasteiger partial charge in [0.2, 0.25) is 11.8 Å². The summed E-state index contributed by atoms with van der Waals surface area (Å²) in [7, 11) is 0. The second-order valence-electron chi connectivity index (χ2n) is 11.7. The lowest BCUT2D eigenvalue weighted by molar-refractivity contribution is -0.135. The standard InChI is InChI=1S/C36H34FN3O5/c37-27-10-8-22(9-11-27)18-26(35(43)39-28(19-24-14-16-38-34(24)42)20-25-15-17-45-36(25)44)21-33(41)32-13-12-31(40-32)30-7-3-5-23-4-1-2-6-29(23)30/h1-13,20,24,26,28,40H,14-19,21H2,(H,38,42)(H,39,43)/t24-,26?,28-/m0/s1. The average Bonchev–Trinajstić information content (AvgIpc) is 3.80. The van der Waals surface area contributed by atoms with E-state index in [9.17, 15) is 23.6 Å². The first kappa shape index (κ1) is 30.0. The molecular formula is C36H34FN3O5. The first-order chi connectivity index (χ1) is 21.8. The molecule has 2 fully saturated rings. The van der Waals surface area contributed by atoms with Gasteiger partial charge in [-0.15, -0.1) is 0 Å². The molecule has 3 N–H and O–H groups in total. The van der Waals surface area contributed by atoms with Crippen molar-refractivity contribution in [3.63, 3.8) is 0 Å². The Balaban J connectivity index is 1.24. The van der Waals surface area contributed by atoms with Crippen LogP contribution in [-0.2, 0) is 25.5 Å². The lowest BCUT2D eigenvalue weighted by atomic mass is 9.91. The van der Waals surface area contributed by atoms with Gasteiger partial charge in [-0.1, -0.05) is 60.7 Å². The van der Waals surface area contributed by atoms with Crippen molar-refractivity contribution in [1.82, 2.24) is 15.6 Å². The summed E-state index contributed by atoms with van der Waals surface area (Å²) in [6.07, 6.45) is 3.14. The Morgan fingerprint density at radius 3 is 2.56 bits per heavy atom. The molecule has 45 heavy (non-hydrogen) atoms. The highest BCUT2D eigenvalue weighted by Gasteiger charge is 2.31. The van der Waals surface area contributed by atoms with Gasteiger partial charge in [-0.05, 0) is 59.9 Å². The number of hydrogen-bond donors (Lipinski definition) is 3. The predicted octanol–water partition coefficient (Wildman–Crippen LogP) is 5.29. The minimum atomic E-state index is -0.791. The number of ketones is 1. The van der Waals surface area contributed by atoms with Crippen LogP contribution < -0.4 is 10.6 Å². The first-order valence-corrected chi connectivity index (χ1v) is 15.2. The molecule has 0 saturated carbocycles. The molecular weight excluding hydrogens is 573 g/mol. The van der Waals surface area contributed by atoms with Crippen LogP contribution >= 0.6 is 0 Å². The number of rotatable bonds is 11. The van der Waals surface area contributed by atoms with E-state index in [1.54, 1.807) is 24.3 Å². The number of ether oxygens (including phenoxy) is 1. The van der Waals surface area contributed by atoms with Crippen LogP contribution in [-0.4, -0.2) is 47.7 Å². The van der Waals surface area contributed by atoms with Crippen molar-refractivity contribution in [1.29, 1.82) is 0 Å². The molecule has 230 valence electrons. The molecule has 0 radical (unpaired) electrons. The number of Topliss-reactive ketones (excluding diaryl/α,β-unsaturated/α-hetero) is 1. The van der Waals surface area contributed by atoms with E-state index in [-0.39, 0.29) is 43.0 Å². The number of carbonyl (C=O) groups excluding carboxylic acids is 4. The molecule has 2 aliphatic heterocycles. The minimum Gasteiger partial charge on any atom is -0.462 e. The summed E-state index contributed by atoms with van der Waals surface area (Å²) >= 11 is 0. The van der Waals surface area contributed by atoms with E-state index in [0.717, 1.165) is 22.0 Å². The van der Waals surface area contributed by atoms with Crippen molar-refractivity contribution in [3.05, 3.63) is 108 Å². The van der Waals surface area contributed by atoms with Crippen LogP contribution in [0.4, 0.5) is 4.39 Å². The largest absolute Gasteiger partial charge is 0.462 e. The van der Waals surface area contributed by atoms with Gasteiger partial charge in [0, 0.05) is 54.1 Å². The molecule has 2 aliphatic rings. The van der Waals surface area contributed by atoms with Crippen LogP contribution in [0.3, 0.4) is 0 Å². The van der Waals surface area contributed by atoms with Gasteiger partial charge in [0.1, 0.15) is 5.82 Å². The number of benzene rings is 3. The molecule has 3 aromatic carbocycles. The van der Waals surface area contributed by atoms with Gasteiger partial charge in [-0.2, -0.15) is 0 Å². The number of cyclic esters (lactones) is 1. The van der Waals surface area contributed by atoms with E-state index >= 15 is 0 Å². The van der Waals surface area contributed by atoms with Crippen molar-refractivity contribution in [2.75, 3.05) is 13.2 Å². The Bertz CT molecular complexity index is 1770. The molecule has 6 rings (SSSR count). The summed E-state index contributed by atoms with van der Waals surface area (Å²) < 4.78 is 18.7. The lowest BCUT2D eigenvalue weighted by Crippen LogP contribution is -2.41. The smallest absolute Gasteiger partial charge is 0.333 e. The quantitative estimate of drug-likeness (QED) is 0.122. The van der Waals surface area contributed by atoms with E-state index < -0.39 is 23.7 Å². The Hall–Kier alpha value is -5.05. The SMILES string of the molecule is O=C1OCCC1=C[C@H](C[C@@H]1CCNC1=O)NC(=O)C(CC(=O)c1ccc(-c2cccc3ccccc23)[nH]1)Cc1ccc(F)cc1. The number of H-pyrrole nitrogens is 1. The predicted molar refractivity (Wildman–Crippen MR) is 168 cm³/mol. The van der Waals surface area contributed by atoms with Gasteiger partial charge in [-0.3, -0.25) is 14.4 Å². The second-order valence-corrected chi connectivity index (χ2v) is 11.7. The average molecular weight is 608 g/mol. The molecule has 2 amide bonds. The number of carbonyl (C=O) groups is 4. The van der Waals surface area contributed by atoms with Crippen LogP contribution in [0.1, 0.15) is 41.7 Å². The summed E-state index contributed by atoms with van der Waals surface area (Å²) in [5.41, 5.74) is 3.29. The number of fused-ring (bicyclic) bond motifs is 1. The fourth-order valence-electron chi connectivity index (χ4n) is 6.16. The van der Waals surface area contributed by atoms with E-state index in [1.165, 1.54) is 12.1 Å². The molecule has 8 nitrogen and oxygen atoms in total. The normalized spacial score (nSPS) is 18.5. The highest BCUT2D eigenvalue weighted by Crippen LogP contribution is 2.29. The maximum atomic E-state index is 13.9. The Morgan fingerprint density at radius 2 is 1.80 bits per heavy atom. The van der Waals surface area contributed by atoms with Crippen LogP contribution in [0.2, 0.25) is 0 Å². The molecule has 3 atom stereocenters. The molecule has 0 bridgehead atoms. The van der Waals surface area contributed by atoms with Crippen LogP contribution in [0.25, 0.3) is 22.0 Å². The number of aromatic nitrogens is 1. The van der Waals surface area contributed by atoms with Gasteiger partial charge in [0.05, 0.1) is 12.3 Å². The zero-order valence-corrected chi connectivity index (χ0v) is 24.7. The maximum Gasteiger partial charge on any atom is 0.333 e. The van der Waals surface area contributed by atoms with Crippen LogP contribution in [0.5, 0.6) is 0 Å². The number of halogens is 1. The third-order valence-electron chi connectivity index (χ3n) is 8.56. The second kappa shape index (κ2) is 13.3. The summed E-state index contributed by atoms with van der Waals surface area (Å²) in [5, 5.41) is 7.96. The van der Waals surface area contributed by atoms with Gasteiger partial charge in [0.15, 0.2) is 5.78 Å². The van der Waals surface area contributed by atoms with Crippen molar-refractivity contribution in [3.8, 4) is 11.3 Å². The number of esters is 1. The van der Waals surface area contributed by atoms with Crippen LogP contribution in [0, 0.1) is 17.7 Å². The van der Waals surface area contributed by atoms with Crippen molar-refractivity contribution < 1.29 is 28.3 Å². The zero-order chi connectivity index (χ0) is 31.3. The molecule has 9 heteroatoms. The topological polar surface area (TPSA) is 117 Å². The van der Waals surface area contributed by atoms with E-state index in [2.05, 4.69) is 15.6 Å². The number of nitrogens with one attached hydrogen (secondary N) is 3. The van der Waals surface area contributed by atoms with E-state index in [1.807, 2.05) is 48.5 Å². The third-order valence-corrected chi connectivity index (χ3v) is 8.56. The maximum absolute atomic E-state index is 13.9. The van der Waals surface area contributed by atoms with E-state index in [4.69, 9.17) is 4.74 Å². The Morgan fingerprint density at radius 1 is 1.00 bits per heavy atom.